The number of nitrogens with one attached hydrogen (secondary N) is 1. The maximum absolute atomic E-state index is 9.20. The molecule has 0 saturated carbocycles. The zero-order valence-corrected chi connectivity index (χ0v) is 11.7. The predicted octanol–water partition coefficient (Wildman–Crippen LogP) is 1.94. The molecule has 0 saturated heterocycles. The molecule has 5 nitrogen and oxygen atoms in total. The second kappa shape index (κ2) is 5.49. The minimum absolute atomic E-state index is 0.114. The van der Waals surface area contributed by atoms with Gasteiger partial charge >= 0.3 is 0 Å². The molecule has 0 aliphatic carbocycles. The summed E-state index contributed by atoms with van der Waals surface area (Å²) in [5, 5.41) is 15.2. The van der Waals surface area contributed by atoms with E-state index in [2.05, 4.69) is 34.0 Å². The van der Waals surface area contributed by atoms with E-state index >= 15 is 0 Å². The number of rotatable bonds is 5. The Morgan fingerprint density at radius 2 is 2.22 bits per heavy atom. The Hall–Kier alpha value is -1.40. The van der Waals surface area contributed by atoms with Crippen LogP contribution in [-0.2, 0) is 0 Å². The van der Waals surface area contributed by atoms with Crippen molar-refractivity contribution in [2.75, 3.05) is 30.4 Å². The number of aliphatic hydroxyl groups excluding tert-OH is 1. The molecule has 0 spiro atoms. The lowest BCUT2D eigenvalue weighted by Crippen LogP contribution is -2.34. The largest absolute Gasteiger partial charge is 0.395 e. The molecule has 0 aliphatic heterocycles. The molecular formula is C12H18N4OS. The average Bonchev–Trinajstić information content (AvgIpc) is 2.82. The normalized spacial score (nSPS) is 11.2. The fourth-order valence-electron chi connectivity index (χ4n) is 1.89. The standard InChI is InChI=1S/C12H18N4OS/c1-8(2)16(5-6-17)10-9-4-7-18-11(9)15-12(13-3)14-10/h4,7-8,17H,5-6H2,1-3H3,(H,13,14,15). The highest BCUT2D eigenvalue weighted by Gasteiger charge is 2.17. The fraction of sp³-hybridized carbons (Fsp3) is 0.500. The van der Waals surface area contributed by atoms with Gasteiger partial charge in [0.25, 0.3) is 0 Å². The van der Waals surface area contributed by atoms with Gasteiger partial charge in [-0.3, -0.25) is 0 Å². The molecule has 0 unspecified atom stereocenters. The Morgan fingerprint density at radius 1 is 1.44 bits per heavy atom. The van der Waals surface area contributed by atoms with Gasteiger partial charge in [-0.1, -0.05) is 0 Å². The van der Waals surface area contributed by atoms with Crippen LogP contribution in [0.2, 0.25) is 0 Å². The highest BCUT2D eigenvalue weighted by atomic mass is 32.1. The summed E-state index contributed by atoms with van der Waals surface area (Å²) < 4.78 is 0. The van der Waals surface area contributed by atoms with Crippen LogP contribution in [0.3, 0.4) is 0 Å². The molecule has 0 bridgehead atoms. The number of thiophene rings is 1. The smallest absolute Gasteiger partial charge is 0.225 e. The Kier molecular flexibility index (Phi) is 3.98. The molecule has 0 radical (unpaired) electrons. The van der Waals surface area contributed by atoms with Crippen LogP contribution in [0.4, 0.5) is 11.8 Å². The quantitative estimate of drug-likeness (QED) is 0.866. The van der Waals surface area contributed by atoms with Crippen LogP contribution in [0.1, 0.15) is 13.8 Å². The lowest BCUT2D eigenvalue weighted by atomic mass is 10.2. The molecule has 0 aliphatic rings. The number of nitrogens with zero attached hydrogens (tertiary/aromatic N) is 3. The number of aliphatic hydroxyl groups is 1. The van der Waals surface area contributed by atoms with Gasteiger partial charge in [0.15, 0.2) is 0 Å². The second-order valence-electron chi connectivity index (χ2n) is 4.27. The summed E-state index contributed by atoms with van der Waals surface area (Å²) in [6, 6.07) is 2.31. The van der Waals surface area contributed by atoms with E-state index in [-0.39, 0.29) is 12.6 Å². The van der Waals surface area contributed by atoms with Crippen molar-refractivity contribution in [3.63, 3.8) is 0 Å². The van der Waals surface area contributed by atoms with Crippen LogP contribution in [0.15, 0.2) is 11.4 Å². The van der Waals surface area contributed by atoms with Crippen molar-refractivity contribution >= 4 is 33.3 Å². The molecule has 0 aromatic carbocycles. The minimum Gasteiger partial charge on any atom is -0.395 e. The zero-order chi connectivity index (χ0) is 13.1. The Morgan fingerprint density at radius 3 is 2.83 bits per heavy atom. The monoisotopic (exact) mass is 266 g/mol. The van der Waals surface area contributed by atoms with E-state index in [1.165, 1.54) is 0 Å². The van der Waals surface area contributed by atoms with E-state index in [0.29, 0.717) is 12.5 Å². The van der Waals surface area contributed by atoms with Crippen molar-refractivity contribution < 1.29 is 5.11 Å². The molecule has 0 atom stereocenters. The molecular weight excluding hydrogens is 248 g/mol. The highest BCUT2D eigenvalue weighted by molar-refractivity contribution is 7.16. The molecule has 98 valence electrons. The first kappa shape index (κ1) is 13.0. The number of hydrogen-bond acceptors (Lipinski definition) is 6. The molecule has 2 heterocycles. The van der Waals surface area contributed by atoms with Gasteiger partial charge in [0.2, 0.25) is 5.95 Å². The van der Waals surface area contributed by atoms with Crippen molar-refractivity contribution in [3.8, 4) is 0 Å². The maximum atomic E-state index is 9.20. The molecule has 2 aromatic rings. The third kappa shape index (κ3) is 2.39. The summed E-state index contributed by atoms with van der Waals surface area (Å²) in [6.45, 7) is 4.87. The van der Waals surface area contributed by atoms with Gasteiger partial charge in [0, 0.05) is 19.6 Å². The van der Waals surface area contributed by atoms with E-state index in [9.17, 15) is 5.11 Å². The summed E-state index contributed by atoms with van der Waals surface area (Å²) in [5.41, 5.74) is 0. The summed E-state index contributed by atoms with van der Waals surface area (Å²) in [7, 11) is 1.81. The molecule has 6 heteroatoms. The SMILES string of the molecule is CNc1nc(N(CCO)C(C)C)c2ccsc2n1. The van der Waals surface area contributed by atoms with E-state index in [1.807, 2.05) is 18.5 Å². The van der Waals surface area contributed by atoms with E-state index < -0.39 is 0 Å². The lowest BCUT2D eigenvalue weighted by Gasteiger charge is -2.27. The van der Waals surface area contributed by atoms with Crippen molar-refractivity contribution in [1.29, 1.82) is 0 Å². The number of fused-ring (bicyclic) bond motifs is 1. The third-order valence-electron chi connectivity index (χ3n) is 2.76. The summed E-state index contributed by atoms with van der Waals surface area (Å²) in [6.07, 6.45) is 0. The van der Waals surface area contributed by atoms with Gasteiger partial charge in [-0.05, 0) is 25.3 Å². The van der Waals surface area contributed by atoms with Crippen LogP contribution >= 0.6 is 11.3 Å². The van der Waals surface area contributed by atoms with E-state index in [4.69, 9.17) is 0 Å². The van der Waals surface area contributed by atoms with Gasteiger partial charge < -0.3 is 15.3 Å². The zero-order valence-electron chi connectivity index (χ0n) is 10.8. The van der Waals surface area contributed by atoms with Crippen LogP contribution in [0.5, 0.6) is 0 Å². The number of hydrogen-bond donors (Lipinski definition) is 2. The Bertz CT molecular complexity index is 526. The molecule has 2 rings (SSSR count). The van der Waals surface area contributed by atoms with E-state index in [1.54, 1.807) is 11.3 Å². The summed E-state index contributed by atoms with van der Waals surface area (Å²) >= 11 is 1.60. The van der Waals surface area contributed by atoms with Crippen LogP contribution in [-0.4, -0.2) is 41.3 Å². The van der Waals surface area contributed by atoms with Crippen molar-refractivity contribution in [2.45, 2.75) is 19.9 Å². The van der Waals surface area contributed by atoms with Gasteiger partial charge in [0.1, 0.15) is 10.6 Å². The molecule has 2 aromatic heterocycles. The third-order valence-corrected chi connectivity index (χ3v) is 3.57. The minimum atomic E-state index is 0.114. The highest BCUT2D eigenvalue weighted by Crippen LogP contribution is 2.29. The lowest BCUT2D eigenvalue weighted by molar-refractivity contribution is 0.299. The predicted molar refractivity (Wildman–Crippen MR) is 76.5 cm³/mol. The maximum Gasteiger partial charge on any atom is 0.225 e. The molecule has 18 heavy (non-hydrogen) atoms. The first-order chi connectivity index (χ1) is 8.67. The molecule has 0 amide bonds. The average molecular weight is 266 g/mol. The Labute approximate surface area is 110 Å². The van der Waals surface area contributed by atoms with Crippen LogP contribution < -0.4 is 10.2 Å². The van der Waals surface area contributed by atoms with Crippen molar-refractivity contribution in [1.82, 2.24) is 9.97 Å². The van der Waals surface area contributed by atoms with E-state index in [0.717, 1.165) is 16.0 Å². The number of aromatic nitrogens is 2. The van der Waals surface area contributed by atoms with Crippen molar-refractivity contribution in [3.05, 3.63) is 11.4 Å². The Balaban J connectivity index is 2.55. The van der Waals surface area contributed by atoms with Crippen LogP contribution in [0.25, 0.3) is 10.2 Å². The topological polar surface area (TPSA) is 61.3 Å². The van der Waals surface area contributed by atoms with Crippen molar-refractivity contribution in [2.24, 2.45) is 0 Å². The van der Waals surface area contributed by atoms with Gasteiger partial charge in [0.05, 0.1) is 12.0 Å². The summed E-state index contributed by atoms with van der Waals surface area (Å²) in [4.78, 5) is 12.0. The van der Waals surface area contributed by atoms with Gasteiger partial charge in [-0.25, -0.2) is 4.98 Å². The first-order valence-electron chi connectivity index (χ1n) is 5.98. The van der Waals surface area contributed by atoms with Crippen LogP contribution in [0, 0.1) is 0 Å². The fourth-order valence-corrected chi connectivity index (χ4v) is 2.65. The first-order valence-corrected chi connectivity index (χ1v) is 6.85. The molecule has 0 fully saturated rings. The second-order valence-corrected chi connectivity index (χ2v) is 5.17. The number of anilines is 2. The van der Waals surface area contributed by atoms with Gasteiger partial charge in [-0.2, -0.15) is 4.98 Å². The van der Waals surface area contributed by atoms with Gasteiger partial charge in [-0.15, -0.1) is 11.3 Å². The summed E-state index contributed by atoms with van der Waals surface area (Å²) in [5.74, 6) is 1.50. The molecule has 2 N–H and O–H groups in total.